The van der Waals surface area contributed by atoms with Crippen LogP contribution in [0, 0.1) is 5.41 Å². The summed E-state index contributed by atoms with van der Waals surface area (Å²) < 4.78 is 0.639. The standard InChI is InChI=1S/C5H13N2/c1-5(6)7(2,3)4/h6H,1-4H3/q+1. The zero-order valence-electron chi connectivity index (χ0n) is 5.45. The van der Waals surface area contributed by atoms with E-state index in [1.807, 2.05) is 21.1 Å². The molecule has 0 rings (SSSR count). The van der Waals surface area contributed by atoms with Gasteiger partial charge in [-0.2, -0.15) is 0 Å². The second-order valence-electron chi connectivity index (χ2n) is 2.60. The van der Waals surface area contributed by atoms with E-state index >= 15 is 0 Å². The zero-order valence-corrected chi connectivity index (χ0v) is 5.45. The van der Waals surface area contributed by atoms with Crippen LogP contribution in [-0.4, -0.2) is 31.5 Å². The first-order valence-corrected chi connectivity index (χ1v) is 2.32. The minimum atomic E-state index is 0.639. The fourth-order valence-electron chi connectivity index (χ4n) is 0. The second kappa shape index (κ2) is 1.62. The van der Waals surface area contributed by atoms with Gasteiger partial charge in [0.2, 0.25) is 0 Å². The lowest BCUT2D eigenvalue weighted by atomic mass is 10.5. The Bertz CT molecular complexity index is 78.6. The number of rotatable bonds is 0. The maximum Gasteiger partial charge on any atom is 0.191 e. The van der Waals surface area contributed by atoms with Gasteiger partial charge < -0.3 is 0 Å². The Morgan fingerprint density at radius 2 is 1.43 bits per heavy atom. The van der Waals surface area contributed by atoms with Crippen molar-refractivity contribution in [1.29, 1.82) is 5.41 Å². The molecule has 0 saturated carbocycles. The molecule has 0 aromatic heterocycles. The normalized spacial score (nSPS) is 11.4. The molecular formula is C5H13N2+. The summed E-state index contributed by atoms with van der Waals surface area (Å²) in [4.78, 5) is 0. The highest BCUT2D eigenvalue weighted by atomic mass is 15.3. The van der Waals surface area contributed by atoms with Crippen molar-refractivity contribution >= 4 is 5.84 Å². The molecule has 1 N–H and O–H groups in total. The van der Waals surface area contributed by atoms with E-state index in [1.165, 1.54) is 0 Å². The smallest absolute Gasteiger partial charge is 0.191 e. The molecule has 0 aromatic carbocycles. The van der Waals surface area contributed by atoms with Crippen LogP contribution in [0.1, 0.15) is 6.92 Å². The highest BCUT2D eigenvalue weighted by Gasteiger charge is 2.07. The van der Waals surface area contributed by atoms with Crippen molar-refractivity contribution in [1.82, 2.24) is 0 Å². The third-order valence-electron chi connectivity index (χ3n) is 1.01. The van der Waals surface area contributed by atoms with Crippen molar-refractivity contribution in [2.45, 2.75) is 6.92 Å². The van der Waals surface area contributed by atoms with Gasteiger partial charge in [-0.1, -0.05) is 0 Å². The molecule has 0 aliphatic carbocycles. The van der Waals surface area contributed by atoms with E-state index in [9.17, 15) is 0 Å². The number of hydrogen-bond acceptors (Lipinski definition) is 1. The summed E-state index contributed by atoms with van der Waals surface area (Å²) in [5, 5.41) is 7.12. The fourth-order valence-corrected chi connectivity index (χ4v) is 0. The van der Waals surface area contributed by atoms with Crippen LogP contribution >= 0.6 is 0 Å². The number of nitrogens with one attached hydrogen (secondary N) is 1. The molecule has 0 atom stereocenters. The van der Waals surface area contributed by atoms with Gasteiger partial charge in [0.25, 0.3) is 0 Å². The summed E-state index contributed by atoms with van der Waals surface area (Å²) in [6, 6.07) is 0. The molecule has 0 saturated heterocycles. The lowest BCUT2D eigenvalue weighted by Crippen LogP contribution is -2.38. The molecule has 0 aliphatic heterocycles. The van der Waals surface area contributed by atoms with Crippen molar-refractivity contribution in [3.05, 3.63) is 0 Å². The topological polar surface area (TPSA) is 23.9 Å². The van der Waals surface area contributed by atoms with E-state index in [0.717, 1.165) is 0 Å². The Kier molecular flexibility index (Phi) is 1.53. The monoisotopic (exact) mass is 101 g/mol. The van der Waals surface area contributed by atoms with Crippen molar-refractivity contribution < 1.29 is 4.48 Å². The lowest BCUT2D eigenvalue weighted by molar-refractivity contribution is -0.778. The Morgan fingerprint density at radius 1 is 1.29 bits per heavy atom. The van der Waals surface area contributed by atoms with Gasteiger partial charge in [0, 0.05) is 6.92 Å². The average Bonchev–Trinajstić information content (AvgIpc) is 1.31. The van der Waals surface area contributed by atoms with Crippen molar-refractivity contribution in [2.24, 2.45) is 0 Å². The molecule has 0 amide bonds. The Balaban J connectivity index is 3.79. The highest BCUT2D eigenvalue weighted by Crippen LogP contribution is 1.88. The number of quaternary nitrogens is 1. The summed E-state index contributed by atoms with van der Waals surface area (Å²) >= 11 is 0. The second-order valence-corrected chi connectivity index (χ2v) is 2.60. The third-order valence-corrected chi connectivity index (χ3v) is 1.01. The molecule has 0 radical (unpaired) electrons. The van der Waals surface area contributed by atoms with Gasteiger partial charge in [0.05, 0.1) is 21.1 Å². The first-order chi connectivity index (χ1) is 2.94. The van der Waals surface area contributed by atoms with E-state index in [1.54, 1.807) is 6.92 Å². The fraction of sp³-hybridized carbons (Fsp3) is 0.800. The number of hydrogen-bond donors (Lipinski definition) is 1. The van der Waals surface area contributed by atoms with Crippen LogP contribution in [0.2, 0.25) is 0 Å². The van der Waals surface area contributed by atoms with Crippen LogP contribution in [0.3, 0.4) is 0 Å². The van der Waals surface area contributed by atoms with E-state index in [0.29, 0.717) is 10.3 Å². The quantitative estimate of drug-likeness (QED) is 0.264. The van der Waals surface area contributed by atoms with Gasteiger partial charge in [-0.3, -0.25) is 9.89 Å². The van der Waals surface area contributed by atoms with Gasteiger partial charge in [-0.05, 0) is 0 Å². The van der Waals surface area contributed by atoms with E-state index in [2.05, 4.69) is 0 Å². The summed E-state index contributed by atoms with van der Waals surface area (Å²) in [6.07, 6.45) is 0. The first-order valence-electron chi connectivity index (χ1n) is 2.32. The van der Waals surface area contributed by atoms with Gasteiger partial charge in [-0.25, -0.2) is 0 Å². The van der Waals surface area contributed by atoms with E-state index in [-0.39, 0.29) is 0 Å². The van der Waals surface area contributed by atoms with Gasteiger partial charge in [-0.15, -0.1) is 0 Å². The molecule has 7 heavy (non-hydrogen) atoms. The third kappa shape index (κ3) is 2.34. The molecule has 2 heteroatoms. The Labute approximate surface area is 44.9 Å². The Hall–Kier alpha value is -0.370. The highest BCUT2D eigenvalue weighted by molar-refractivity contribution is 5.68. The van der Waals surface area contributed by atoms with Gasteiger partial charge in [0.1, 0.15) is 0 Å². The van der Waals surface area contributed by atoms with E-state index < -0.39 is 0 Å². The van der Waals surface area contributed by atoms with Crippen LogP contribution in [0.4, 0.5) is 0 Å². The molecule has 0 unspecified atom stereocenters. The molecule has 2 nitrogen and oxygen atoms in total. The number of amidine groups is 1. The van der Waals surface area contributed by atoms with Crippen LogP contribution in [0.5, 0.6) is 0 Å². The van der Waals surface area contributed by atoms with Crippen LogP contribution in [-0.2, 0) is 0 Å². The van der Waals surface area contributed by atoms with Gasteiger partial charge >= 0.3 is 0 Å². The minimum Gasteiger partial charge on any atom is -0.286 e. The van der Waals surface area contributed by atoms with E-state index in [4.69, 9.17) is 5.41 Å². The maximum atomic E-state index is 7.12. The minimum absolute atomic E-state index is 0.639. The zero-order chi connectivity index (χ0) is 6.08. The summed E-state index contributed by atoms with van der Waals surface area (Å²) in [7, 11) is 5.92. The first kappa shape index (κ1) is 6.63. The molecule has 0 aliphatic rings. The molecule has 0 heterocycles. The summed E-state index contributed by atoms with van der Waals surface area (Å²) in [5.41, 5.74) is 0. The maximum absolute atomic E-state index is 7.12. The van der Waals surface area contributed by atoms with Crippen molar-refractivity contribution in [3.8, 4) is 0 Å². The predicted octanol–water partition coefficient (Wildman–Crippen LogP) is 0.690. The van der Waals surface area contributed by atoms with Gasteiger partial charge in [0.15, 0.2) is 5.84 Å². The van der Waals surface area contributed by atoms with Crippen LogP contribution < -0.4 is 0 Å². The average molecular weight is 101 g/mol. The molecule has 42 valence electrons. The SMILES string of the molecule is CC(=N)[N+](C)(C)C. The van der Waals surface area contributed by atoms with Crippen molar-refractivity contribution in [3.63, 3.8) is 0 Å². The lowest BCUT2D eigenvalue weighted by Gasteiger charge is -2.20. The molecule has 0 bridgehead atoms. The van der Waals surface area contributed by atoms with Crippen LogP contribution in [0.15, 0.2) is 0 Å². The largest absolute Gasteiger partial charge is 0.286 e. The van der Waals surface area contributed by atoms with Crippen LogP contribution in [0.25, 0.3) is 0 Å². The molecule has 0 aromatic rings. The number of nitrogens with zero attached hydrogens (tertiary/aromatic N) is 1. The predicted molar refractivity (Wildman–Crippen MR) is 31.4 cm³/mol. The summed E-state index contributed by atoms with van der Waals surface area (Å²) in [6.45, 7) is 1.81. The molecule has 0 fully saturated rings. The molecule has 0 spiro atoms. The Morgan fingerprint density at radius 3 is 1.43 bits per heavy atom. The molecular weight excluding hydrogens is 88.1 g/mol. The van der Waals surface area contributed by atoms with Crippen molar-refractivity contribution in [2.75, 3.05) is 21.1 Å². The summed E-state index contributed by atoms with van der Waals surface area (Å²) in [5.74, 6) is 0.681.